The number of carbonyl (C=O) groups excluding carboxylic acids is 1. The molecule has 1 aromatic rings. The lowest BCUT2D eigenvalue weighted by Crippen LogP contribution is -2.45. The zero-order chi connectivity index (χ0) is 14.5. The fraction of sp³-hybridized carbons (Fsp3) is 0.500. The number of nitro groups is 1. The normalized spacial score (nSPS) is 22.2. The van der Waals surface area contributed by atoms with Gasteiger partial charge in [-0.2, -0.15) is 0 Å². The highest BCUT2D eigenvalue weighted by atomic mass is 16.6. The Morgan fingerprint density at radius 1 is 1.35 bits per heavy atom. The monoisotopic (exact) mass is 278 g/mol. The number of nitro benzene ring substituents is 1. The summed E-state index contributed by atoms with van der Waals surface area (Å²) in [7, 11) is 0. The standard InChI is InChI=1S/C14H18N2O4/c17-13-8-4-2-6-11(13)15-14(18)9-10-5-1-3-7-12(10)16(19)20/h1,3,5,7,11,13,17H,2,4,6,8-9H2,(H,15,18). The predicted octanol–water partition coefficient (Wildman–Crippen LogP) is 1.56. The van der Waals surface area contributed by atoms with Gasteiger partial charge in [0.2, 0.25) is 5.91 Å². The zero-order valence-corrected chi connectivity index (χ0v) is 11.1. The van der Waals surface area contributed by atoms with Gasteiger partial charge in [-0.3, -0.25) is 14.9 Å². The van der Waals surface area contributed by atoms with Crippen molar-refractivity contribution in [2.75, 3.05) is 0 Å². The quantitative estimate of drug-likeness (QED) is 0.645. The number of benzene rings is 1. The third-order valence-electron chi connectivity index (χ3n) is 3.62. The van der Waals surface area contributed by atoms with Crippen LogP contribution in [0.5, 0.6) is 0 Å². The van der Waals surface area contributed by atoms with Gasteiger partial charge in [-0.05, 0) is 12.8 Å². The molecule has 0 aliphatic heterocycles. The summed E-state index contributed by atoms with van der Waals surface area (Å²) >= 11 is 0. The van der Waals surface area contributed by atoms with E-state index >= 15 is 0 Å². The van der Waals surface area contributed by atoms with Gasteiger partial charge >= 0.3 is 0 Å². The molecule has 1 aliphatic carbocycles. The molecule has 108 valence electrons. The van der Waals surface area contributed by atoms with Crippen LogP contribution in [0.1, 0.15) is 31.2 Å². The summed E-state index contributed by atoms with van der Waals surface area (Å²) in [5.41, 5.74) is 0.340. The minimum atomic E-state index is -0.515. The molecule has 20 heavy (non-hydrogen) atoms. The highest BCUT2D eigenvalue weighted by molar-refractivity contribution is 5.80. The average molecular weight is 278 g/mol. The Bertz CT molecular complexity index is 504. The summed E-state index contributed by atoms with van der Waals surface area (Å²) < 4.78 is 0. The van der Waals surface area contributed by atoms with Crippen molar-refractivity contribution in [3.63, 3.8) is 0 Å². The molecule has 1 aromatic carbocycles. The van der Waals surface area contributed by atoms with E-state index in [0.29, 0.717) is 12.0 Å². The molecular formula is C14H18N2O4. The lowest BCUT2D eigenvalue weighted by Gasteiger charge is -2.28. The lowest BCUT2D eigenvalue weighted by atomic mass is 9.92. The molecule has 2 unspecified atom stereocenters. The number of aliphatic hydroxyl groups is 1. The fourth-order valence-corrected chi connectivity index (χ4v) is 2.55. The minimum absolute atomic E-state index is 0.0413. The minimum Gasteiger partial charge on any atom is -0.391 e. The molecule has 2 rings (SSSR count). The largest absolute Gasteiger partial charge is 0.391 e. The van der Waals surface area contributed by atoms with Crippen LogP contribution >= 0.6 is 0 Å². The Morgan fingerprint density at radius 2 is 2.05 bits per heavy atom. The molecule has 6 nitrogen and oxygen atoms in total. The Morgan fingerprint density at radius 3 is 2.75 bits per heavy atom. The molecule has 2 N–H and O–H groups in total. The summed E-state index contributed by atoms with van der Waals surface area (Å²) in [4.78, 5) is 22.3. The van der Waals surface area contributed by atoms with Crippen molar-refractivity contribution in [3.05, 3.63) is 39.9 Å². The van der Waals surface area contributed by atoms with Crippen molar-refractivity contribution in [3.8, 4) is 0 Å². The first kappa shape index (κ1) is 14.5. The summed E-state index contributed by atoms with van der Waals surface area (Å²) in [6, 6.07) is 5.97. The first-order valence-corrected chi connectivity index (χ1v) is 6.77. The topological polar surface area (TPSA) is 92.5 Å². The molecule has 0 radical (unpaired) electrons. The highest BCUT2D eigenvalue weighted by Gasteiger charge is 2.25. The first-order chi connectivity index (χ1) is 9.58. The van der Waals surface area contributed by atoms with Gasteiger partial charge in [-0.25, -0.2) is 0 Å². The molecule has 0 saturated heterocycles. The highest BCUT2D eigenvalue weighted by Crippen LogP contribution is 2.20. The fourth-order valence-electron chi connectivity index (χ4n) is 2.55. The number of rotatable bonds is 4. The second kappa shape index (κ2) is 6.47. The van der Waals surface area contributed by atoms with E-state index in [2.05, 4.69) is 5.32 Å². The van der Waals surface area contributed by atoms with Gasteiger partial charge in [0.15, 0.2) is 0 Å². The molecule has 1 amide bonds. The summed E-state index contributed by atoms with van der Waals surface area (Å²) in [6.07, 6.45) is 2.84. The number of para-hydroxylation sites is 1. The Balaban J connectivity index is 1.99. The van der Waals surface area contributed by atoms with E-state index in [1.54, 1.807) is 18.2 Å². The second-order valence-electron chi connectivity index (χ2n) is 5.09. The van der Waals surface area contributed by atoms with Gasteiger partial charge in [-0.1, -0.05) is 31.0 Å². The average Bonchev–Trinajstić information content (AvgIpc) is 2.41. The van der Waals surface area contributed by atoms with E-state index in [9.17, 15) is 20.0 Å². The molecule has 6 heteroatoms. The maximum Gasteiger partial charge on any atom is 0.273 e. The van der Waals surface area contributed by atoms with Gasteiger partial charge in [0.05, 0.1) is 23.5 Å². The van der Waals surface area contributed by atoms with E-state index in [1.807, 2.05) is 0 Å². The van der Waals surface area contributed by atoms with Crippen LogP contribution in [0, 0.1) is 10.1 Å². The Hall–Kier alpha value is -1.95. The number of nitrogens with one attached hydrogen (secondary N) is 1. The van der Waals surface area contributed by atoms with Crippen molar-refractivity contribution in [1.29, 1.82) is 0 Å². The number of amides is 1. The first-order valence-electron chi connectivity index (χ1n) is 6.77. The van der Waals surface area contributed by atoms with Crippen molar-refractivity contribution in [1.82, 2.24) is 5.32 Å². The third-order valence-corrected chi connectivity index (χ3v) is 3.62. The van der Waals surface area contributed by atoms with E-state index in [4.69, 9.17) is 0 Å². The number of nitrogens with zero attached hydrogens (tertiary/aromatic N) is 1. The predicted molar refractivity (Wildman–Crippen MR) is 73.2 cm³/mol. The van der Waals surface area contributed by atoms with Gasteiger partial charge in [0.1, 0.15) is 0 Å². The Labute approximate surface area is 117 Å². The second-order valence-corrected chi connectivity index (χ2v) is 5.09. The van der Waals surface area contributed by atoms with E-state index in [0.717, 1.165) is 19.3 Å². The third kappa shape index (κ3) is 3.54. The maximum atomic E-state index is 12.0. The molecule has 0 heterocycles. The maximum absolute atomic E-state index is 12.0. The molecule has 1 fully saturated rings. The van der Waals surface area contributed by atoms with Gasteiger partial charge < -0.3 is 10.4 Å². The lowest BCUT2D eigenvalue weighted by molar-refractivity contribution is -0.385. The molecule has 2 atom stereocenters. The van der Waals surface area contributed by atoms with Crippen molar-refractivity contribution >= 4 is 11.6 Å². The number of hydrogen-bond acceptors (Lipinski definition) is 4. The number of carbonyl (C=O) groups is 1. The van der Waals surface area contributed by atoms with Crippen LogP contribution in [0.3, 0.4) is 0 Å². The van der Waals surface area contributed by atoms with E-state index in [1.165, 1.54) is 6.07 Å². The number of aliphatic hydroxyl groups excluding tert-OH is 1. The molecule has 0 bridgehead atoms. The van der Waals surface area contributed by atoms with Crippen molar-refractivity contribution < 1.29 is 14.8 Å². The van der Waals surface area contributed by atoms with Gasteiger partial charge in [0, 0.05) is 11.6 Å². The molecule has 0 spiro atoms. The van der Waals surface area contributed by atoms with Crippen LogP contribution in [-0.4, -0.2) is 28.1 Å². The summed E-state index contributed by atoms with van der Waals surface area (Å²) in [6.45, 7) is 0. The SMILES string of the molecule is O=C(Cc1ccccc1[N+](=O)[O-])NC1CCCCC1O. The van der Waals surface area contributed by atoms with Crippen molar-refractivity contribution in [2.45, 2.75) is 44.2 Å². The van der Waals surface area contributed by atoms with Gasteiger partial charge in [-0.15, -0.1) is 0 Å². The number of hydrogen-bond donors (Lipinski definition) is 2. The van der Waals surface area contributed by atoms with Crippen LogP contribution in [0.25, 0.3) is 0 Å². The molecular weight excluding hydrogens is 260 g/mol. The summed E-state index contributed by atoms with van der Waals surface area (Å²) in [5, 5.41) is 23.5. The molecule has 1 aliphatic rings. The van der Waals surface area contributed by atoms with Gasteiger partial charge in [0.25, 0.3) is 5.69 Å². The summed E-state index contributed by atoms with van der Waals surface area (Å²) in [5.74, 6) is -0.287. The van der Waals surface area contributed by atoms with Crippen molar-refractivity contribution in [2.24, 2.45) is 0 Å². The molecule has 0 aromatic heterocycles. The zero-order valence-electron chi connectivity index (χ0n) is 11.1. The van der Waals surface area contributed by atoms with Crippen LogP contribution in [0.15, 0.2) is 24.3 Å². The van der Waals surface area contributed by atoms with Crippen LogP contribution in [-0.2, 0) is 11.2 Å². The Kier molecular flexibility index (Phi) is 4.68. The molecule has 1 saturated carbocycles. The smallest absolute Gasteiger partial charge is 0.273 e. The van der Waals surface area contributed by atoms with Crippen LogP contribution in [0.4, 0.5) is 5.69 Å². The van der Waals surface area contributed by atoms with Crippen LogP contribution < -0.4 is 5.32 Å². The van der Waals surface area contributed by atoms with Crippen LogP contribution in [0.2, 0.25) is 0 Å². The van der Waals surface area contributed by atoms with E-state index in [-0.39, 0.29) is 24.1 Å². The van der Waals surface area contributed by atoms with E-state index < -0.39 is 11.0 Å².